The molecule has 0 N–H and O–H groups in total. The van der Waals surface area contributed by atoms with Gasteiger partial charge in [0.2, 0.25) is 0 Å². The first-order valence-electron chi connectivity index (χ1n) is 10.3. The van der Waals surface area contributed by atoms with Crippen molar-refractivity contribution in [1.82, 2.24) is 9.97 Å². The van der Waals surface area contributed by atoms with E-state index in [0.29, 0.717) is 24.0 Å². The van der Waals surface area contributed by atoms with E-state index in [4.69, 9.17) is 9.47 Å². The number of halogens is 3. The number of hydrogen-bond acceptors (Lipinski definition) is 5. The van der Waals surface area contributed by atoms with Crippen molar-refractivity contribution in [2.45, 2.75) is 58.2 Å². The van der Waals surface area contributed by atoms with Gasteiger partial charge in [-0.1, -0.05) is 20.3 Å². The van der Waals surface area contributed by atoms with Crippen molar-refractivity contribution in [1.29, 1.82) is 0 Å². The van der Waals surface area contributed by atoms with Crippen molar-refractivity contribution < 1.29 is 22.6 Å². The van der Waals surface area contributed by atoms with Crippen molar-refractivity contribution in [3.63, 3.8) is 0 Å². The van der Waals surface area contributed by atoms with Gasteiger partial charge in [0, 0.05) is 18.9 Å². The van der Waals surface area contributed by atoms with Gasteiger partial charge in [0.1, 0.15) is 17.4 Å². The molecule has 2 aromatic rings. The Morgan fingerprint density at radius 2 is 1.77 bits per heavy atom. The van der Waals surface area contributed by atoms with E-state index < -0.39 is 11.7 Å². The Kier molecular flexibility index (Phi) is 7.05. The summed E-state index contributed by atoms with van der Waals surface area (Å²) >= 11 is 0. The first-order valence-corrected chi connectivity index (χ1v) is 10.3. The van der Waals surface area contributed by atoms with Crippen molar-refractivity contribution in [3.8, 4) is 11.8 Å². The molecule has 5 nitrogen and oxygen atoms in total. The standard InChI is InChI=1S/C22H28F3N3O2/c1-15(2)14-29-17-11-9-16(10-12-17)28(3)20-19(22(23,24)25)13-26-21(27-20)30-18-7-5-4-6-8-18/h9-13,15,18H,4-8,14H2,1-3H3. The first-order chi connectivity index (χ1) is 14.2. The third-order valence-electron chi connectivity index (χ3n) is 5.00. The normalized spacial score (nSPS) is 15.3. The van der Waals surface area contributed by atoms with E-state index in [1.807, 2.05) is 13.8 Å². The third kappa shape index (κ3) is 5.77. The van der Waals surface area contributed by atoms with E-state index in [-0.39, 0.29) is 17.9 Å². The van der Waals surface area contributed by atoms with Crippen LogP contribution in [0.1, 0.15) is 51.5 Å². The molecule has 1 aromatic carbocycles. The number of benzene rings is 1. The molecule has 30 heavy (non-hydrogen) atoms. The highest BCUT2D eigenvalue weighted by molar-refractivity contribution is 5.63. The second kappa shape index (κ2) is 9.53. The number of ether oxygens (including phenoxy) is 2. The zero-order chi connectivity index (χ0) is 21.7. The highest BCUT2D eigenvalue weighted by atomic mass is 19.4. The van der Waals surface area contributed by atoms with Crippen LogP contribution in [0.25, 0.3) is 0 Å². The zero-order valence-electron chi connectivity index (χ0n) is 17.6. The lowest BCUT2D eigenvalue weighted by molar-refractivity contribution is -0.137. The van der Waals surface area contributed by atoms with E-state index in [2.05, 4.69) is 9.97 Å². The Labute approximate surface area is 175 Å². The summed E-state index contributed by atoms with van der Waals surface area (Å²) in [5.41, 5.74) is -0.346. The van der Waals surface area contributed by atoms with Gasteiger partial charge in [-0.05, 0) is 55.9 Å². The molecule has 0 bridgehead atoms. The predicted molar refractivity (Wildman–Crippen MR) is 109 cm³/mol. The summed E-state index contributed by atoms with van der Waals surface area (Å²) in [5, 5.41) is 0. The summed E-state index contributed by atoms with van der Waals surface area (Å²) in [6, 6.07) is 6.87. The topological polar surface area (TPSA) is 47.5 Å². The smallest absolute Gasteiger partial charge is 0.421 e. The van der Waals surface area contributed by atoms with Crippen LogP contribution < -0.4 is 14.4 Å². The summed E-state index contributed by atoms with van der Waals surface area (Å²) < 4.78 is 52.2. The Balaban J connectivity index is 1.84. The molecule has 0 atom stereocenters. The molecule has 1 heterocycles. The minimum absolute atomic E-state index is 0.0198. The number of rotatable bonds is 7. The first kappa shape index (κ1) is 22.2. The molecule has 0 spiro atoms. The van der Waals surface area contributed by atoms with E-state index in [0.717, 1.165) is 38.3 Å². The van der Waals surface area contributed by atoms with Crippen molar-refractivity contribution in [2.75, 3.05) is 18.6 Å². The van der Waals surface area contributed by atoms with Gasteiger partial charge in [-0.3, -0.25) is 0 Å². The van der Waals surface area contributed by atoms with Gasteiger partial charge in [0.15, 0.2) is 5.82 Å². The second-order valence-corrected chi connectivity index (χ2v) is 8.02. The Morgan fingerprint density at radius 1 is 1.10 bits per heavy atom. The molecule has 1 aliphatic carbocycles. The molecule has 1 saturated carbocycles. The van der Waals surface area contributed by atoms with Crippen LogP contribution >= 0.6 is 0 Å². The van der Waals surface area contributed by atoms with Crippen LogP contribution in [0.4, 0.5) is 24.7 Å². The molecule has 1 fully saturated rings. The van der Waals surface area contributed by atoms with Gasteiger partial charge < -0.3 is 14.4 Å². The Hall–Kier alpha value is -2.51. The summed E-state index contributed by atoms with van der Waals surface area (Å²) in [6.07, 6.45) is 1.15. The van der Waals surface area contributed by atoms with Crippen LogP contribution in [0.3, 0.4) is 0 Å². The monoisotopic (exact) mass is 423 g/mol. The minimum atomic E-state index is -4.58. The third-order valence-corrected chi connectivity index (χ3v) is 5.00. The van der Waals surface area contributed by atoms with E-state index in [1.165, 1.54) is 4.90 Å². The molecule has 0 saturated heterocycles. The maximum absolute atomic E-state index is 13.6. The Morgan fingerprint density at radius 3 is 2.37 bits per heavy atom. The summed E-state index contributed by atoms with van der Waals surface area (Å²) in [7, 11) is 1.55. The number of aromatic nitrogens is 2. The molecule has 0 radical (unpaired) electrons. The van der Waals surface area contributed by atoms with Crippen LogP contribution in [0.5, 0.6) is 11.8 Å². The van der Waals surface area contributed by atoms with Gasteiger partial charge in [-0.15, -0.1) is 0 Å². The molecule has 0 amide bonds. The van der Waals surface area contributed by atoms with Gasteiger partial charge >= 0.3 is 12.2 Å². The summed E-state index contributed by atoms with van der Waals surface area (Å²) in [6.45, 7) is 4.66. The van der Waals surface area contributed by atoms with Crippen LogP contribution in [0.2, 0.25) is 0 Å². The van der Waals surface area contributed by atoms with E-state index >= 15 is 0 Å². The molecule has 1 aliphatic rings. The van der Waals surface area contributed by atoms with Crippen LogP contribution in [-0.2, 0) is 6.18 Å². The molecule has 3 rings (SSSR count). The highest BCUT2D eigenvalue weighted by Gasteiger charge is 2.37. The van der Waals surface area contributed by atoms with E-state index in [9.17, 15) is 13.2 Å². The molecule has 164 valence electrons. The van der Waals surface area contributed by atoms with Crippen molar-refractivity contribution in [3.05, 3.63) is 36.0 Å². The molecular formula is C22H28F3N3O2. The molecule has 0 unspecified atom stereocenters. The molecule has 8 heteroatoms. The van der Waals surface area contributed by atoms with Crippen molar-refractivity contribution >= 4 is 11.5 Å². The maximum atomic E-state index is 13.6. The Bertz CT molecular complexity index is 819. The fourth-order valence-corrected chi connectivity index (χ4v) is 3.35. The summed E-state index contributed by atoms with van der Waals surface area (Å²) in [4.78, 5) is 9.36. The summed E-state index contributed by atoms with van der Waals surface area (Å²) in [5.74, 6) is 0.811. The maximum Gasteiger partial charge on any atom is 0.421 e. The quantitative estimate of drug-likeness (QED) is 0.546. The van der Waals surface area contributed by atoms with Gasteiger partial charge in [0.05, 0.1) is 6.61 Å². The average molecular weight is 423 g/mol. The molecule has 0 aliphatic heterocycles. The fourth-order valence-electron chi connectivity index (χ4n) is 3.35. The largest absolute Gasteiger partial charge is 0.493 e. The van der Waals surface area contributed by atoms with Crippen molar-refractivity contribution in [2.24, 2.45) is 5.92 Å². The lowest BCUT2D eigenvalue weighted by Crippen LogP contribution is -2.23. The van der Waals surface area contributed by atoms with Crippen LogP contribution in [0.15, 0.2) is 30.5 Å². The molecule has 1 aromatic heterocycles. The van der Waals surface area contributed by atoms with E-state index in [1.54, 1.807) is 31.3 Å². The van der Waals surface area contributed by atoms with Gasteiger partial charge in [-0.2, -0.15) is 18.2 Å². The molecular weight excluding hydrogens is 395 g/mol. The average Bonchev–Trinajstić information content (AvgIpc) is 2.72. The van der Waals surface area contributed by atoms with Gasteiger partial charge in [0.25, 0.3) is 0 Å². The SMILES string of the molecule is CC(C)COc1ccc(N(C)c2nc(OC3CCCCC3)ncc2C(F)(F)F)cc1. The zero-order valence-corrected chi connectivity index (χ0v) is 17.6. The number of hydrogen-bond donors (Lipinski definition) is 0. The van der Waals surface area contributed by atoms with Crippen LogP contribution in [0, 0.1) is 5.92 Å². The van der Waals surface area contributed by atoms with Gasteiger partial charge in [-0.25, -0.2) is 4.98 Å². The lowest BCUT2D eigenvalue weighted by Gasteiger charge is -2.25. The minimum Gasteiger partial charge on any atom is -0.493 e. The fraction of sp³-hybridized carbons (Fsp3) is 0.545. The van der Waals surface area contributed by atoms with Crippen LogP contribution in [-0.4, -0.2) is 29.7 Å². The second-order valence-electron chi connectivity index (χ2n) is 8.02. The predicted octanol–water partition coefficient (Wildman–Crippen LogP) is 6.01. The highest BCUT2D eigenvalue weighted by Crippen LogP contribution is 2.38. The number of alkyl halides is 3. The number of nitrogens with zero attached hydrogens (tertiary/aromatic N) is 3. The number of anilines is 2. The lowest BCUT2D eigenvalue weighted by atomic mass is 9.98.